The monoisotopic (exact) mass is 139 g/mol. The van der Waals surface area contributed by atoms with Gasteiger partial charge in [-0.05, 0) is 25.8 Å². The van der Waals surface area contributed by atoms with Gasteiger partial charge in [-0.3, -0.25) is 0 Å². The van der Waals surface area contributed by atoms with E-state index in [1.807, 2.05) is 13.8 Å². The van der Waals surface area contributed by atoms with E-state index in [9.17, 15) is 0 Å². The largest absolute Gasteiger partial charge is 0.305 e. The average molecular weight is 139 g/mol. The highest BCUT2D eigenvalue weighted by molar-refractivity contribution is 5.94. The number of hydrogen-bond donors (Lipinski definition) is 1. The first kappa shape index (κ1) is 9.41. The summed E-state index contributed by atoms with van der Waals surface area (Å²) in [6.45, 7) is 6.01. The highest BCUT2D eigenvalue weighted by Crippen LogP contribution is 2.01. The molecule has 0 aromatic heterocycles. The molecule has 0 aliphatic heterocycles. The molecule has 1 heteroatoms. The second-order valence-corrected chi connectivity index (χ2v) is 2.65. The number of nitrogens with one attached hydrogen (secondary N) is 1. The van der Waals surface area contributed by atoms with Crippen LogP contribution in [0.25, 0.3) is 0 Å². The van der Waals surface area contributed by atoms with Crippen molar-refractivity contribution < 1.29 is 0 Å². The topological polar surface area (TPSA) is 23.9 Å². The molecule has 0 amide bonds. The van der Waals surface area contributed by atoms with E-state index >= 15 is 0 Å². The van der Waals surface area contributed by atoms with E-state index in [1.165, 1.54) is 12.8 Å². The third-order valence-corrected chi connectivity index (χ3v) is 1.60. The van der Waals surface area contributed by atoms with Crippen LogP contribution in [0.15, 0.2) is 11.6 Å². The lowest BCUT2D eigenvalue weighted by atomic mass is 10.1. The predicted octanol–water partition coefficient (Wildman–Crippen LogP) is 3.16. The molecule has 10 heavy (non-hydrogen) atoms. The Labute approximate surface area is 63.7 Å². The lowest BCUT2D eigenvalue weighted by Gasteiger charge is -1.95. The Hall–Kier alpha value is -0.590. The van der Waals surface area contributed by atoms with Crippen LogP contribution in [0.3, 0.4) is 0 Å². The molecule has 0 aliphatic carbocycles. The van der Waals surface area contributed by atoms with Crippen molar-refractivity contribution in [2.45, 2.75) is 40.0 Å². The summed E-state index contributed by atoms with van der Waals surface area (Å²) in [5.74, 6) is 0. The lowest BCUT2D eigenvalue weighted by Crippen LogP contribution is -1.89. The minimum atomic E-state index is 0.691. The summed E-state index contributed by atoms with van der Waals surface area (Å²) in [7, 11) is 0. The first-order valence-corrected chi connectivity index (χ1v) is 3.90. The van der Waals surface area contributed by atoms with E-state index in [-0.39, 0.29) is 0 Å². The third-order valence-electron chi connectivity index (χ3n) is 1.60. The summed E-state index contributed by atoms with van der Waals surface area (Å²) in [5, 5.41) is 7.27. The fourth-order valence-corrected chi connectivity index (χ4v) is 0.676. The Morgan fingerprint density at radius 1 is 1.40 bits per heavy atom. The van der Waals surface area contributed by atoms with Crippen molar-refractivity contribution in [2.75, 3.05) is 0 Å². The summed E-state index contributed by atoms with van der Waals surface area (Å²) >= 11 is 0. The van der Waals surface area contributed by atoms with Crippen molar-refractivity contribution in [3.8, 4) is 0 Å². The molecule has 0 rings (SSSR count). The normalized spacial score (nSPS) is 11.7. The summed E-state index contributed by atoms with van der Waals surface area (Å²) in [6, 6.07) is 0. The van der Waals surface area contributed by atoms with E-state index in [0.717, 1.165) is 12.0 Å². The highest BCUT2D eigenvalue weighted by Gasteiger charge is 1.88. The maximum absolute atomic E-state index is 7.27. The van der Waals surface area contributed by atoms with Crippen molar-refractivity contribution in [3.63, 3.8) is 0 Å². The lowest BCUT2D eigenvalue weighted by molar-refractivity contribution is 0.812. The number of allylic oxidation sites excluding steroid dienone is 2. The van der Waals surface area contributed by atoms with Crippen LogP contribution in [0.2, 0.25) is 0 Å². The molecule has 0 unspecified atom stereocenters. The molecule has 0 aromatic carbocycles. The molecule has 1 nitrogen and oxygen atoms in total. The van der Waals surface area contributed by atoms with Gasteiger partial charge in [0.05, 0.1) is 0 Å². The zero-order chi connectivity index (χ0) is 7.98. The molecule has 0 bridgehead atoms. The van der Waals surface area contributed by atoms with Crippen molar-refractivity contribution in [1.29, 1.82) is 5.41 Å². The zero-order valence-electron chi connectivity index (χ0n) is 7.20. The molecule has 0 atom stereocenters. The second-order valence-electron chi connectivity index (χ2n) is 2.65. The molecule has 0 spiro atoms. The Morgan fingerprint density at radius 2 is 2.00 bits per heavy atom. The van der Waals surface area contributed by atoms with E-state index in [0.29, 0.717) is 5.71 Å². The first-order valence-electron chi connectivity index (χ1n) is 3.90. The van der Waals surface area contributed by atoms with Crippen LogP contribution >= 0.6 is 0 Å². The molecule has 0 heterocycles. The Balaban J connectivity index is 3.58. The molecule has 0 aromatic rings. The van der Waals surface area contributed by atoms with Gasteiger partial charge < -0.3 is 5.41 Å². The van der Waals surface area contributed by atoms with E-state index in [4.69, 9.17) is 5.41 Å². The molecule has 0 saturated carbocycles. The summed E-state index contributed by atoms with van der Waals surface area (Å²) in [4.78, 5) is 0. The van der Waals surface area contributed by atoms with Gasteiger partial charge in [0.15, 0.2) is 0 Å². The van der Waals surface area contributed by atoms with Gasteiger partial charge >= 0.3 is 0 Å². The van der Waals surface area contributed by atoms with Gasteiger partial charge in [0.1, 0.15) is 0 Å². The zero-order valence-corrected chi connectivity index (χ0v) is 7.20. The van der Waals surface area contributed by atoms with E-state index in [2.05, 4.69) is 13.0 Å². The maximum atomic E-state index is 7.27. The fraction of sp³-hybridized carbons (Fsp3) is 0.667. The smallest absolute Gasteiger partial charge is 0.0308 e. The quantitative estimate of drug-likeness (QED) is 0.457. The summed E-state index contributed by atoms with van der Waals surface area (Å²) < 4.78 is 0. The van der Waals surface area contributed by atoms with Crippen molar-refractivity contribution >= 4 is 5.71 Å². The standard InChI is InChI=1S/C9H17N/c1-4-5-6-7-8(2)9(3)10/h7,10H,4-6H2,1-3H3/b8-7-,10-9?. The van der Waals surface area contributed by atoms with Crippen LogP contribution < -0.4 is 0 Å². The maximum Gasteiger partial charge on any atom is 0.0308 e. The Bertz CT molecular complexity index is 134. The Kier molecular flexibility index (Phi) is 4.91. The second kappa shape index (κ2) is 5.21. The van der Waals surface area contributed by atoms with Crippen LogP contribution in [0.1, 0.15) is 40.0 Å². The molecule has 0 radical (unpaired) electrons. The predicted molar refractivity (Wildman–Crippen MR) is 46.7 cm³/mol. The first-order chi connectivity index (χ1) is 4.68. The molecular weight excluding hydrogens is 122 g/mol. The Morgan fingerprint density at radius 3 is 2.40 bits per heavy atom. The molecule has 0 aliphatic rings. The number of hydrogen-bond acceptors (Lipinski definition) is 1. The summed E-state index contributed by atoms with van der Waals surface area (Å²) in [6.07, 6.45) is 5.75. The third kappa shape index (κ3) is 4.30. The van der Waals surface area contributed by atoms with E-state index in [1.54, 1.807) is 0 Å². The van der Waals surface area contributed by atoms with Crippen LogP contribution in [0, 0.1) is 5.41 Å². The van der Waals surface area contributed by atoms with Gasteiger partial charge in [0.25, 0.3) is 0 Å². The molecule has 58 valence electrons. The van der Waals surface area contributed by atoms with Crippen LogP contribution in [0.5, 0.6) is 0 Å². The minimum Gasteiger partial charge on any atom is -0.305 e. The average Bonchev–Trinajstić information content (AvgIpc) is 1.88. The van der Waals surface area contributed by atoms with Crippen LogP contribution in [-0.2, 0) is 0 Å². The van der Waals surface area contributed by atoms with Crippen LogP contribution in [-0.4, -0.2) is 5.71 Å². The SMILES string of the molecule is CCCC/C=C(/C)C(C)=N. The number of rotatable bonds is 4. The molecular formula is C9H17N. The van der Waals surface area contributed by atoms with Gasteiger partial charge in [-0.25, -0.2) is 0 Å². The van der Waals surface area contributed by atoms with Gasteiger partial charge in [-0.1, -0.05) is 25.8 Å². The van der Waals surface area contributed by atoms with Crippen molar-refractivity contribution in [3.05, 3.63) is 11.6 Å². The molecule has 0 fully saturated rings. The van der Waals surface area contributed by atoms with Gasteiger partial charge in [0, 0.05) is 5.71 Å². The van der Waals surface area contributed by atoms with Gasteiger partial charge in [-0.15, -0.1) is 0 Å². The fourth-order valence-electron chi connectivity index (χ4n) is 0.676. The van der Waals surface area contributed by atoms with Crippen LogP contribution in [0.4, 0.5) is 0 Å². The number of unbranched alkanes of at least 4 members (excludes halogenated alkanes) is 2. The highest BCUT2D eigenvalue weighted by atomic mass is 14.4. The summed E-state index contributed by atoms with van der Waals surface area (Å²) in [5.41, 5.74) is 1.81. The minimum absolute atomic E-state index is 0.691. The molecule has 1 N–H and O–H groups in total. The van der Waals surface area contributed by atoms with E-state index < -0.39 is 0 Å². The van der Waals surface area contributed by atoms with Gasteiger partial charge in [-0.2, -0.15) is 0 Å². The van der Waals surface area contributed by atoms with Gasteiger partial charge in [0.2, 0.25) is 0 Å². The molecule has 0 saturated heterocycles. The van der Waals surface area contributed by atoms with Crippen molar-refractivity contribution in [2.24, 2.45) is 0 Å². The van der Waals surface area contributed by atoms with Crippen molar-refractivity contribution in [1.82, 2.24) is 0 Å².